The highest BCUT2D eigenvalue weighted by molar-refractivity contribution is 7.99. The highest BCUT2D eigenvalue weighted by atomic mass is 32.2. The molecule has 30 heavy (non-hydrogen) atoms. The fraction of sp³-hybridized carbons (Fsp3) is 0.417. The van der Waals surface area contributed by atoms with Gasteiger partial charge in [-0.1, -0.05) is 32.5 Å². The van der Waals surface area contributed by atoms with E-state index in [0.29, 0.717) is 6.54 Å². The molecule has 6 heteroatoms. The smallest absolute Gasteiger partial charge is 0.229 e. The Morgan fingerprint density at radius 3 is 2.20 bits per heavy atom. The largest absolute Gasteiger partial charge is 0.497 e. The van der Waals surface area contributed by atoms with E-state index in [-0.39, 0.29) is 17.7 Å². The van der Waals surface area contributed by atoms with Crippen molar-refractivity contribution in [2.45, 2.75) is 43.4 Å². The molecule has 5 nitrogen and oxygen atoms in total. The summed E-state index contributed by atoms with van der Waals surface area (Å²) in [6.45, 7) is 6.99. The molecule has 1 saturated heterocycles. The van der Waals surface area contributed by atoms with Crippen LogP contribution in [0.1, 0.15) is 33.6 Å². The third-order valence-electron chi connectivity index (χ3n) is 5.14. The number of hydrogen-bond acceptors (Lipinski definition) is 4. The van der Waals surface area contributed by atoms with E-state index >= 15 is 0 Å². The molecule has 1 N–H and O–H groups in total. The van der Waals surface area contributed by atoms with E-state index in [2.05, 4.69) is 5.32 Å². The molecule has 2 aromatic carbocycles. The van der Waals surface area contributed by atoms with E-state index in [1.807, 2.05) is 74.2 Å². The molecule has 0 radical (unpaired) electrons. The van der Waals surface area contributed by atoms with Crippen molar-refractivity contribution in [1.82, 2.24) is 4.90 Å². The molecule has 1 unspecified atom stereocenters. The summed E-state index contributed by atoms with van der Waals surface area (Å²) in [5.41, 5.74) is 0.355. The number of carbonyl (C=O) groups excluding carboxylic acids is 2. The molecule has 0 spiro atoms. The van der Waals surface area contributed by atoms with Gasteiger partial charge in [-0.05, 0) is 61.4 Å². The molecule has 1 fully saturated rings. The summed E-state index contributed by atoms with van der Waals surface area (Å²) in [5.74, 6) is 0.762. The molecule has 1 aliphatic rings. The number of benzene rings is 2. The Labute approximate surface area is 183 Å². The molecule has 3 rings (SSSR count). The summed E-state index contributed by atoms with van der Waals surface area (Å²) in [5, 5.41) is 3.01. The molecule has 1 heterocycles. The van der Waals surface area contributed by atoms with Crippen LogP contribution in [0.4, 0.5) is 5.69 Å². The van der Waals surface area contributed by atoms with Gasteiger partial charge in [0.15, 0.2) is 0 Å². The minimum Gasteiger partial charge on any atom is -0.497 e. The van der Waals surface area contributed by atoms with Crippen LogP contribution in [0.25, 0.3) is 0 Å². The predicted molar refractivity (Wildman–Crippen MR) is 121 cm³/mol. The Kier molecular flexibility index (Phi) is 7.08. The van der Waals surface area contributed by atoms with E-state index in [4.69, 9.17) is 4.74 Å². The van der Waals surface area contributed by atoms with Crippen molar-refractivity contribution in [3.63, 3.8) is 0 Å². The Balaban J connectivity index is 1.56. The van der Waals surface area contributed by atoms with Crippen molar-refractivity contribution in [2.75, 3.05) is 25.5 Å². The van der Waals surface area contributed by atoms with E-state index < -0.39 is 5.41 Å². The zero-order chi connectivity index (χ0) is 21.7. The predicted octanol–water partition coefficient (Wildman–Crippen LogP) is 5.07. The van der Waals surface area contributed by atoms with Crippen LogP contribution in [0.15, 0.2) is 58.3 Å². The average molecular weight is 427 g/mol. The maximum absolute atomic E-state index is 12.8. The van der Waals surface area contributed by atoms with Crippen molar-refractivity contribution in [2.24, 2.45) is 11.3 Å². The first-order chi connectivity index (χ1) is 14.3. The van der Waals surface area contributed by atoms with Crippen LogP contribution in [-0.4, -0.2) is 36.9 Å². The Morgan fingerprint density at radius 1 is 1.03 bits per heavy atom. The van der Waals surface area contributed by atoms with Gasteiger partial charge in [0.05, 0.1) is 13.0 Å². The standard InChI is InChI=1S/C24H30N2O3S/c1-24(2,3)23(28)26-15-5-6-17(16-26)22(27)25-18-7-11-20(12-8-18)30-21-13-9-19(29-4)10-14-21/h7-14,17H,5-6,15-16H2,1-4H3,(H,25,27). The topological polar surface area (TPSA) is 58.6 Å². The van der Waals surface area contributed by atoms with Crippen LogP contribution in [0, 0.1) is 11.3 Å². The highest BCUT2D eigenvalue weighted by Gasteiger charge is 2.33. The number of rotatable bonds is 5. The summed E-state index contributed by atoms with van der Waals surface area (Å²) < 4.78 is 5.19. The van der Waals surface area contributed by atoms with Gasteiger partial charge < -0.3 is 15.0 Å². The zero-order valence-electron chi connectivity index (χ0n) is 18.1. The number of carbonyl (C=O) groups is 2. The number of anilines is 1. The lowest BCUT2D eigenvalue weighted by Gasteiger charge is -2.35. The third kappa shape index (κ3) is 5.79. The number of hydrogen-bond donors (Lipinski definition) is 1. The van der Waals surface area contributed by atoms with E-state index in [9.17, 15) is 9.59 Å². The lowest BCUT2D eigenvalue weighted by Crippen LogP contribution is -2.47. The summed E-state index contributed by atoms with van der Waals surface area (Å²) >= 11 is 1.66. The molecule has 0 aliphatic carbocycles. The van der Waals surface area contributed by atoms with Gasteiger partial charge >= 0.3 is 0 Å². The van der Waals surface area contributed by atoms with Gasteiger partial charge in [0.25, 0.3) is 0 Å². The lowest BCUT2D eigenvalue weighted by atomic mass is 9.91. The lowest BCUT2D eigenvalue weighted by molar-refractivity contribution is -0.142. The second-order valence-electron chi connectivity index (χ2n) is 8.63. The summed E-state index contributed by atoms with van der Waals surface area (Å²) in [7, 11) is 1.66. The number of methoxy groups -OCH3 is 1. The zero-order valence-corrected chi connectivity index (χ0v) is 18.9. The SMILES string of the molecule is COc1ccc(Sc2ccc(NC(=O)C3CCCN(C(=O)C(C)(C)C)C3)cc2)cc1. The Morgan fingerprint density at radius 2 is 1.63 bits per heavy atom. The second-order valence-corrected chi connectivity index (χ2v) is 9.78. The van der Waals surface area contributed by atoms with Gasteiger partial charge in [-0.15, -0.1) is 0 Å². The summed E-state index contributed by atoms with van der Waals surface area (Å²) in [6.07, 6.45) is 1.67. The van der Waals surface area contributed by atoms with Gasteiger partial charge in [-0.25, -0.2) is 0 Å². The number of piperidine rings is 1. The van der Waals surface area contributed by atoms with Crippen LogP contribution < -0.4 is 10.1 Å². The van der Waals surface area contributed by atoms with Crippen LogP contribution in [0.3, 0.4) is 0 Å². The quantitative estimate of drug-likeness (QED) is 0.725. The first-order valence-corrected chi connectivity index (χ1v) is 11.1. The number of ether oxygens (including phenoxy) is 1. The van der Waals surface area contributed by atoms with Crippen LogP contribution in [0.2, 0.25) is 0 Å². The van der Waals surface area contributed by atoms with E-state index in [1.54, 1.807) is 18.9 Å². The highest BCUT2D eigenvalue weighted by Crippen LogP contribution is 2.30. The molecule has 0 aromatic heterocycles. The molecular formula is C24H30N2O3S. The van der Waals surface area contributed by atoms with Gasteiger partial charge in [0.1, 0.15) is 5.75 Å². The van der Waals surface area contributed by atoms with Gasteiger partial charge in [0, 0.05) is 34.0 Å². The van der Waals surface area contributed by atoms with Crippen LogP contribution in [0.5, 0.6) is 5.75 Å². The van der Waals surface area contributed by atoms with Crippen LogP contribution in [-0.2, 0) is 9.59 Å². The minimum atomic E-state index is -0.421. The van der Waals surface area contributed by atoms with Crippen molar-refractivity contribution in [3.8, 4) is 5.75 Å². The Bertz CT molecular complexity index is 873. The van der Waals surface area contributed by atoms with E-state index in [1.165, 1.54) is 0 Å². The molecule has 0 saturated carbocycles. The summed E-state index contributed by atoms with van der Waals surface area (Å²) in [6, 6.07) is 15.8. The monoisotopic (exact) mass is 426 g/mol. The van der Waals surface area contributed by atoms with Crippen molar-refractivity contribution in [3.05, 3.63) is 48.5 Å². The maximum atomic E-state index is 12.8. The number of likely N-dealkylation sites (tertiary alicyclic amines) is 1. The maximum Gasteiger partial charge on any atom is 0.229 e. The number of amides is 2. The molecule has 1 atom stereocenters. The fourth-order valence-corrected chi connectivity index (χ4v) is 4.30. The summed E-state index contributed by atoms with van der Waals surface area (Å²) in [4.78, 5) is 29.4. The minimum absolute atomic E-state index is 0.0167. The first kappa shape index (κ1) is 22.2. The molecule has 2 amide bonds. The second kappa shape index (κ2) is 9.56. The molecular weight excluding hydrogens is 396 g/mol. The molecule has 0 bridgehead atoms. The van der Waals surface area contributed by atoms with Crippen molar-refractivity contribution in [1.29, 1.82) is 0 Å². The molecule has 160 valence electrons. The normalized spacial score (nSPS) is 16.8. The molecule has 1 aliphatic heterocycles. The van der Waals surface area contributed by atoms with Crippen molar-refractivity contribution >= 4 is 29.3 Å². The molecule has 2 aromatic rings. The van der Waals surface area contributed by atoms with Gasteiger partial charge in [0.2, 0.25) is 11.8 Å². The first-order valence-electron chi connectivity index (χ1n) is 10.3. The fourth-order valence-electron chi connectivity index (χ4n) is 3.48. The Hall–Kier alpha value is -2.47. The number of nitrogens with one attached hydrogen (secondary N) is 1. The van der Waals surface area contributed by atoms with E-state index in [0.717, 1.165) is 40.6 Å². The van der Waals surface area contributed by atoms with Crippen molar-refractivity contribution < 1.29 is 14.3 Å². The van der Waals surface area contributed by atoms with Gasteiger partial charge in [-0.3, -0.25) is 9.59 Å². The van der Waals surface area contributed by atoms with Gasteiger partial charge in [-0.2, -0.15) is 0 Å². The average Bonchev–Trinajstić information content (AvgIpc) is 2.74. The third-order valence-corrected chi connectivity index (χ3v) is 6.15. The number of nitrogens with zero attached hydrogens (tertiary/aromatic N) is 1. The van der Waals surface area contributed by atoms with Crippen LogP contribution >= 0.6 is 11.8 Å².